The molecule has 0 radical (unpaired) electrons. The van der Waals surface area contributed by atoms with Gasteiger partial charge in [-0.1, -0.05) is 145 Å². The molecule has 4 heteroatoms. The van der Waals surface area contributed by atoms with E-state index in [1.54, 1.807) is 6.07 Å². The largest absolute Gasteiger partial charge is 0.508 e. The van der Waals surface area contributed by atoms with Crippen LogP contribution in [0.4, 0.5) is 0 Å². The topological polar surface area (TPSA) is 40.5 Å². The summed E-state index contributed by atoms with van der Waals surface area (Å²) in [4.78, 5) is 0. The lowest BCUT2D eigenvalue weighted by Crippen LogP contribution is -2.01. The van der Waals surface area contributed by atoms with E-state index in [9.17, 15) is 0 Å². The second-order valence-corrected chi connectivity index (χ2v) is 10.0. The van der Waals surface area contributed by atoms with Gasteiger partial charge in [0.2, 0.25) is 0 Å². The summed E-state index contributed by atoms with van der Waals surface area (Å²) in [6, 6.07) is 48.2. The summed E-state index contributed by atoms with van der Waals surface area (Å²) in [5.74, 6) is 0.176. The van der Waals surface area contributed by atoms with Crippen LogP contribution in [0.1, 0.15) is 0 Å². The number of phenols is 2. The molecule has 5 rings (SSSR count). The zero-order valence-corrected chi connectivity index (χ0v) is 20.8. The first kappa shape index (κ1) is 25.2. The molecule has 0 aliphatic rings. The number of phenolic OH excluding ortho intramolecular Hbond substituents is 2. The molecule has 0 atom stereocenters. The van der Waals surface area contributed by atoms with Crippen LogP contribution in [0.3, 0.4) is 0 Å². The van der Waals surface area contributed by atoms with Gasteiger partial charge in [-0.15, -0.1) is 0 Å². The van der Waals surface area contributed by atoms with E-state index in [-0.39, 0.29) is 11.5 Å². The Morgan fingerprint density at radius 1 is 0.324 bits per heavy atom. The van der Waals surface area contributed by atoms with Gasteiger partial charge in [-0.3, -0.25) is 0 Å². The highest BCUT2D eigenvalue weighted by Crippen LogP contribution is 2.15. The highest BCUT2D eigenvalue weighted by Gasteiger charge is 1.93. The molecule has 2 nitrogen and oxygen atoms in total. The molecule has 0 heterocycles. The number of rotatable bonds is 4. The highest BCUT2D eigenvalue weighted by atomic mass is 31.1. The maximum Gasteiger partial charge on any atom is 0.119 e. The fourth-order valence-electron chi connectivity index (χ4n) is 2.91. The Morgan fingerprint density at radius 2 is 0.588 bits per heavy atom. The van der Waals surface area contributed by atoms with Gasteiger partial charge in [0, 0.05) is 6.07 Å². The smallest absolute Gasteiger partial charge is 0.119 e. The summed E-state index contributed by atoms with van der Waals surface area (Å²) in [5, 5.41) is 22.9. The average Bonchev–Trinajstić information content (AvgIpc) is 2.87. The lowest BCUT2D eigenvalue weighted by Gasteiger charge is -2.00. The van der Waals surface area contributed by atoms with Crippen molar-refractivity contribution in [3.05, 3.63) is 146 Å². The van der Waals surface area contributed by atoms with Gasteiger partial charge in [0.1, 0.15) is 11.5 Å². The Kier molecular flexibility index (Phi) is 10.9. The fraction of sp³-hybridized carbons (Fsp3) is 0. The van der Waals surface area contributed by atoms with E-state index in [0.29, 0.717) is 0 Å². The second kappa shape index (κ2) is 14.7. The standard InChI is InChI=1S/2C12H11P.C6H6O2/c2*1-3-7-11(8-4-1)13-12-9-5-2-6-10-12;7-5-2-1-3-6(8)4-5/h2*1-10,13H;1-4,7-8H. The minimum atomic E-state index is 0.0880. The van der Waals surface area contributed by atoms with E-state index in [0.717, 1.165) is 17.2 Å². The number of hydrogen-bond donors (Lipinski definition) is 2. The van der Waals surface area contributed by atoms with Crippen molar-refractivity contribution in [1.29, 1.82) is 0 Å². The zero-order chi connectivity index (χ0) is 23.8. The van der Waals surface area contributed by atoms with Crippen LogP contribution >= 0.6 is 17.2 Å². The summed E-state index contributed by atoms with van der Waals surface area (Å²) in [6.07, 6.45) is 0. The van der Waals surface area contributed by atoms with Crippen LogP contribution in [0.15, 0.2) is 146 Å². The minimum absolute atomic E-state index is 0.0880. The van der Waals surface area contributed by atoms with Crippen molar-refractivity contribution >= 4 is 38.4 Å². The quantitative estimate of drug-likeness (QED) is 0.321. The third kappa shape index (κ3) is 10.0. The molecule has 0 saturated carbocycles. The predicted octanol–water partition coefficient (Wildman–Crippen LogP) is 5.73. The van der Waals surface area contributed by atoms with Crippen LogP contribution in [0, 0.1) is 0 Å². The number of benzene rings is 5. The Bertz CT molecular complexity index is 1030. The van der Waals surface area contributed by atoms with Crippen molar-refractivity contribution in [2.75, 3.05) is 0 Å². The lowest BCUT2D eigenvalue weighted by molar-refractivity contribution is 0.450. The summed E-state index contributed by atoms with van der Waals surface area (Å²) in [5.41, 5.74) is 0. The van der Waals surface area contributed by atoms with E-state index >= 15 is 0 Å². The minimum Gasteiger partial charge on any atom is -0.508 e. The van der Waals surface area contributed by atoms with Gasteiger partial charge in [0.05, 0.1) is 0 Å². The molecule has 34 heavy (non-hydrogen) atoms. The van der Waals surface area contributed by atoms with E-state index in [2.05, 4.69) is 121 Å². The Hall–Kier alpha value is -3.44. The highest BCUT2D eigenvalue weighted by molar-refractivity contribution is 7.55. The molecule has 5 aromatic carbocycles. The molecule has 0 amide bonds. The zero-order valence-electron chi connectivity index (χ0n) is 18.8. The van der Waals surface area contributed by atoms with Gasteiger partial charge in [0.15, 0.2) is 0 Å². The van der Waals surface area contributed by atoms with Crippen LogP contribution in [0.5, 0.6) is 11.5 Å². The van der Waals surface area contributed by atoms with Crippen molar-refractivity contribution < 1.29 is 10.2 Å². The first-order valence-corrected chi connectivity index (χ1v) is 12.9. The van der Waals surface area contributed by atoms with Crippen molar-refractivity contribution in [1.82, 2.24) is 0 Å². The number of aromatic hydroxyl groups is 2. The molecule has 0 spiro atoms. The molecule has 5 aromatic rings. The molecular formula is C30H28O2P2. The van der Waals surface area contributed by atoms with Crippen LogP contribution in [0.25, 0.3) is 0 Å². The van der Waals surface area contributed by atoms with Gasteiger partial charge in [-0.2, -0.15) is 0 Å². The van der Waals surface area contributed by atoms with E-state index < -0.39 is 0 Å². The lowest BCUT2D eigenvalue weighted by atomic mass is 10.3. The molecular weight excluding hydrogens is 454 g/mol. The molecule has 0 bridgehead atoms. The van der Waals surface area contributed by atoms with Crippen molar-refractivity contribution in [3.8, 4) is 11.5 Å². The van der Waals surface area contributed by atoms with Crippen LogP contribution < -0.4 is 21.2 Å². The molecule has 0 fully saturated rings. The average molecular weight is 483 g/mol. The van der Waals surface area contributed by atoms with Crippen LogP contribution in [-0.2, 0) is 0 Å². The van der Waals surface area contributed by atoms with Gasteiger partial charge < -0.3 is 10.2 Å². The molecule has 0 aliphatic carbocycles. The normalized spacial score (nSPS) is 9.65. The Labute approximate surface area is 205 Å². The fourth-order valence-corrected chi connectivity index (χ4v) is 5.02. The summed E-state index contributed by atoms with van der Waals surface area (Å²) in [7, 11) is 1.55. The second-order valence-electron chi connectivity index (χ2n) is 7.23. The van der Waals surface area contributed by atoms with Crippen LogP contribution in [-0.4, -0.2) is 10.2 Å². The first-order chi connectivity index (χ1) is 16.7. The maximum atomic E-state index is 8.65. The number of hydrogen-bond acceptors (Lipinski definition) is 2. The molecule has 170 valence electrons. The monoisotopic (exact) mass is 482 g/mol. The summed E-state index contributed by atoms with van der Waals surface area (Å²) in [6.45, 7) is 0. The molecule has 0 unspecified atom stereocenters. The third-order valence-corrected chi connectivity index (χ3v) is 6.99. The molecule has 2 N–H and O–H groups in total. The van der Waals surface area contributed by atoms with Crippen molar-refractivity contribution in [2.24, 2.45) is 0 Å². The van der Waals surface area contributed by atoms with Crippen molar-refractivity contribution in [3.63, 3.8) is 0 Å². The van der Waals surface area contributed by atoms with E-state index in [4.69, 9.17) is 10.2 Å². The molecule has 0 aromatic heterocycles. The summed E-state index contributed by atoms with van der Waals surface area (Å²) < 4.78 is 0. The third-order valence-electron chi connectivity index (χ3n) is 4.50. The maximum absolute atomic E-state index is 8.65. The van der Waals surface area contributed by atoms with Gasteiger partial charge >= 0.3 is 0 Å². The van der Waals surface area contributed by atoms with E-state index in [1.165, 1.54) is 39.4 Å². The molecule has 0 saturated heterocycles. The van der Waals surface area contributed by atoms with Gasteiger partial charge in [-0.05, 0) is 33.4 Å². The van der Waals surface area contributed by atoms with Gasteiger partial charge in [0.25, 0.3) is 0 Å². The predicted molar refractivity (Wildman–Crippen MR) is 151 cm³/mol. The van der Waals surface area contributed by atoms with Gasteiger partial charge in [-0.25, -0.2) is 0 Å². The Balaban J connectivity index is 0.000000148. The molecule has 0 aliphatic heterocycles. The summed E-state index contributed by atoms with van der Waals surface area (Å²) >= 11 is 0. The first-order valence-electron chi connectivity index (χ1n) is 10.9. The van der Waals surface area contributed by atoms with Crippen LogP contribution in [0.2, 0.25) is 0 Å². The van der Waals surface area contributed by atoms with Crippen molar-refractivity contribution in [2.45, 2.75) is 0 Å². The Morgan fingerprint density at radius 3 is 0.794 bits per heavy atom. The van der Waals surface area contributed by atoms with E-state index in [1.807, 2.05) is 0 Å². The SMILES string of the molecule is Oc1cccc(O)c1.c1ccc(Pc2ccccc2)cc1.c1ccc(Pc2ccccc2)cc1.